The maximum absolute atomic E-state index is 10.3. The number of ether oxygens (including phenoxy) is 1. The van der Waals surface area contributed by atoms with Crippen molar-refractivity contribution >= 4 is 11.6 Å². The minimum atomic E-state index is -0.490. The van der Waals surface area contributed by atoms with Crippen molar-refractivity contribution < 1.29 is 9.84 Å². The van der Waals surface area contributed by atoms with Gasteiger partial charge >= 0.3 is 0 Å². The highest BCUT2D eigenvalue weighted by atomic mass is 35.5. The summed E-state index contributed by atoms with van der Waals surface area (Å²) in [5, 5.41) is 10.9. The van der Waals surface area contributed by atoms with Crippen LogP contribution in [0.4, 0.5) is 0 Å². The fourth-order valence-electron chi connectivity index (χ4n) is 2.84. The first kappa shape index (κ1) is 16.8. The van der Waals surface area contributed by atoms with Gasteiger partial charge in [-0.3, -0.25) is 0 Å². The van der Waals surface area contributed by atoms with Crippen LogP contribution in [0.5, 0.6) is 0 Å². The molecule has 1 aromatic rings. The van der Waals surface area contributed by atoms with Crippen LogP contribution < -0.4 is 0 Å². The van der Waals surface area contributed by atoms with E-state index >= 15 is 0 Å². The van der Waals surface area contributed by atoms with Gasteiger partial charge in [-0.15, -0.1) is 0 Å². The largest absolute Gasteiger partial charge is 0.388 e. The lowest BCUT2D eigenvalue weighted by atomic mass is 10.0. The van der Waals surface area contributed by atoms with Crippen LogP contribution in [0.2, 0.25) is 5.02 Å². The van der Waals surface area contributed by atoms with Gasteiger partial charge in [0.15, 0.2) is 0 Å². The quantitative estimate of drug-likeness (QED) is 0.834. The normalized spacial score (nSPS) is 21.4. The smallest absolute Gasteiger partial charge is 0.0816 e. The van der Waals surface area contributed by atoms with Crippen molar-refractivity contribution in [1.29, 1.82) is 0 Å². The molecule has 0 spiro atoms. The zero-order chi connectivity index (χ0) is 15.1. The summed E-state index contributed by atoms with van der Waals surface area (Å²) in [6, 6.07) is 7.53. The molecule has 21 heavy (non-hydrogen) atoms. The van der Waals surface area contributed by atoms with Crippen molar-refractivity contribution in [2.75, 3.05) is 26.2 Å². The summed E-state index contributed by atoms with van der Waals surface area (Å²) in [6.45, 7) is 5.95. The van der Waals surface area contributed by atoms with Crippen molar-refractivity contribution in [2.45, 2.75) is 44.8 Å². The van der Waals surface area contributed by atoms with Gasteiger partial charge < -0.3 is 14.7 Å². The van der Waals surface area contributed by atoms with Gasteiger partial charge in [0.2, 0.25) is 0 Å². The van der Waals surface area contributed by atoms with Gasteiger partial charge in [0.25, 0.3) is 0 Å². The van der Waals surface area contributed by atoms with Gasteiger partial charge in [0.1, 0.15) is 0 Å². The van der Waals surface area contributed by atoms with Crippen LogP contribution in [0.1, 0.15) is 44.3 Å². The van der Waals surface area contributed by atoms with E-state index in [2.05, 4.69) is 11.8 Å². The van der Waals surface area contributed by atoms with Crippen LogP contribution in [0.25, 0.3) is 0 Å². The van der Waals surface area contributed by atoms with E-state index in [0.717, 1.165) is 44.6 Å². The van der Waals surface area contributed by atoms with Gasteiger partial charge in [0.05, 0.1) is 12.2 Å². The predicted molar refractivity (Wildman–Crippen MR) is 86.7 cm³/mol. The second-order valence-corrected chi connectivity index (χ2v) is 6.17. The minimum Gasteiger partial charge on any atom is -0.388 e. The first-order valence-electron chi connectivity index (χ1n) is 7.97. The topological polar surface area (TPSA) is 32.7 Å². The SMILES string of the molecule is CCCOC1CCCN(CCC(O)c2ccccc2Cl)C1. The summed E-state index contributed by atoms with van der Waals surface area (Å²) in [7, 11) is 0. The van der Waals surface area contributed by atoms with Crippen LogP contribution in [0.3, 0.4) is 0 Å². The molecule has 1 aliphatic heterocycles. The molecular weight excluding hydrogens is 286 g/mol. The van der Waals surface area contributed by atoms with E-state index in [-0.39, 0.29) is 0 Å². The molecule has 3 nitrogen and oxygen atoms in total. The van der Waals surface area contributed by atoms with E-state index in [9.17, 15) is 5.11 Å². The van der Waals surface area contributed by atoms with Crippen molar-refractivity contribution in [2.24, 2.45) is 0 Å². The fraction of sp³-hybridized carbons (Fsp3) is 0.647. The molecule has 1 fully saturated rings. The molecule has 2 unspecified atom stereocenters. The Bertz CT molecular complexity index is 427. The van der Waals surface area contributed by atoms with Crippen LogP contribution in [-0.2, 0) is 4.74 Å². The van der Waals surface area contributed by atoms with Crippen LogP contribution in [0.15, 0.2) is 24.3 Å². The lowest BCUT2D eigenvalue weighted by Crippen LogP contribution is -2.40. The lowest BCUT2D eigenvalue weighted by Gasteiger charge is -2.33. The molecule has 0 aliphatic carbocycles. The predicted octanol–water partition coefficient (Wildman–Crippen LogP) is 3.65. The Kier molecular flexibility index (Phi) is 6.97. The van der Waals surface area contributed by atoms with Gasteiger partial charge in [-0.25, -0.2) is 0 Å². The standard InChI is InChI=1S/C17H26ClNO2/c1-2-12-21-14-6-5-10-19(13-14)11-9-17(20)15-7-3-4-8-16(15)18/h3-4,7-8,14,17,20H,2,5-6,9-13H2,1H3. The molecule has 0 radical (unpaired) electrons. The number of hydrogen-bond donors (Lipinski definition) is 1. The second-order valence-electron chi connectivity index (χ2n) is 5.76. The highest BCUT2D eigenvalue weighted by molar-refractivity contribution is 6.31. The summed E-state index contributed by atoms with van der Waals surface area (Å²) < 4.78 is 5.85. The number of aliphatic hydroxyl groups is 1. The summed E-state index contributed by atoms with van der Waals surface area (Å²) >= 11 is 6.13. The molecule has 0 saturated carbocycles. The van der Waals surface area contributed by atoms with Crippen molar-refractivity contribution in [3.63, 3.8) is 0 Å². The van der Waals surface area contributed by atoms with Gasteiger partial charge in [-0.2, -0.15) is 0 Å². The average molecular weight is 312 g/mol. The molecule has 4 heteroatoms. The molecule has 118 valence electrons. The molecule has 2 rings (SSSR count). The van der Waals surface area contributed by atoms with Crippen molar-refractivity contribution in [1.82, 2.24) is 4.90 Å². The van der Waals surface area contributed by atoms with Crippen LogP contribution in [-0.4, -0.2) is 42.4 Å². The molecule has 1 N–H and O–H groups in total. The number of aliphatic hydroxyl groups excluding tert-OH is 1. The molecule has 0 amide bonds. The Morgan fingerprint density at radius 3 is 3.00 bits per heavy atom. The van der Waals surface area contributed by atoms with Crippen LogP contribution >= 0.6 is 11.6 Å². The third-order valence-corrected chi connectivity index (χ3v) is 4.35. The highest BCUT2D eigenvalue weighted by Crippen LogP contribution is 2.25. The zero-order valence-corrected chi connectivity index (χ0v) is 13.6. The molecule has 1 saturated heterocycles. The summed E-state index contributed by atoms with van der Waals surface area (Å²) in [5.74, 6) is 0. The average Bonchev–Trinajstić information content (AvgIpc) is 2.51. The number of nitrogens with zero attached hydrogens (tertiary/aromatic N) is 1. The first-order chi connectivity index (χ1) is 10.2. The molecule has 0 aromatic heterocycles. The van der Waals surface area contributed by atoms with Crippen LogP contribution in [0, 0.1) is 0 Å². The Balaban J connectivity index is 1.78. The number of rotatable bonds is 7. The summed E-state index contributed by atoms with van der Waals surface area (Å²) in [6.07, 6.45) is 3.98. The number of hydrogen-bond acceptors (Lipinski definition) is 3. The number of piperidine rings is 1. The minimum absolute atomic E-state index is 0.358. The molecule has 1 aromatic carbocycles. The van der Waals surface area contributed by atoms with Gasteiger partial charge in [0, 0.05) is 24.7 Å². The molecule has 1 heterocycles. The highest BCUT2D eigenvalue weighted by Gasteiger charge is 2.21. The van der Waals surface area contributed by atoms with Crippen molar-refractivity contribution in [3.05, 3.63) is 34.9 Å². The van der Waals surface area contributed by atoms with E-state index in [4.69, 9.17) is 16.3 Å². The van der Waals surface area contributed by atoms with E-state index in [1.807, 2.05) is 24.3 Å². The van der Waals surface area contributed by atoms with E-state index in [1.165, 1.54) is 6.42 Å². The molecule has 2 atom stereocenters. The zero-order valence-electron chi connectivity index (χ0n) is 12.8. The summed E-state index contributed by atoms with van der Waals surface area (Å²) in [4.78, 5) is 2.39. The lowest BCUT2D eigenvalue weighted by molar-refractivity contribution is -0.00347. The molecular formula is C17H26ClNO2. The molecule has 1 aliphatic rings. The Morgan fingerprint density at radius 1 is 1.43 bits per heavy atom. The van der Waals surface area contributed by atoms with E-state index < -0.39 is 6.10 Å². The third-order valence-electron chi connectivity index (χ3n) is 4.00. The second kappa shape index (κ2) is 8.74. The van der Waals surface area contributed by atoms with Gasteiger partial charge in [-0.05, 0) is 43.9 Å². The maximum atomic E-state index is 10.3. The Morgan fingerprint density at radius 2 is 2.24 bits per heavy atom. The number of likely N-dealkylation sites (tertiary alicyclic amines) is 1. The van der Waals surface area contributed by atoms with Crippen molar-refractivity contribution in [3.8, 4) is 0 Å². The van der Waals surface area contributed by atoms with Gasteiger partial charge in [-0.1, -0.05) is 36.7 Å². The first-order valence-corrected chi connectivity index (χ1v) is 8.35. The number of halogens is 1. The fourth-order valence-corrected chi connectivity index (χ4v) is 3.10. The monoisotopic (exact) mass is 311 g/mol. The van der Waals surface area contributed by atoms with E-state index in [1.54, 1.807) is 0 Å². The Labute approximate surface area is 132 Å². The molecule has 0 bridgehead atoms. The number of benzene rings is 1. The summed E-state index contributed by atoms with van der Waals surface area (Å²) in [5.41, 5.74) is 0.829. The Hall–Kier alpha value is -0.610. The van der Waals surface area contributed by atoms with E-state index in [0.29, 0.717) is 17.5 Å². The third kappa shape index (κ3) is 5.26. The maximum Gasteiger partial charge on any atom is 0.0816 e.